The molecule has 0 bridgehead atoms. The number of carbonyl (C=O) groups is 1. The number of nitrogens with one attached hydrogen (secondary N) is 1. The highest BCUT2D eigenvalue weighted by Crippen LogP contribution is 2.29. The molecule has 0 saturated carbocycles. The number of carbonyl (C=O) groups excluding carboxylic acids is 1. The number of fused-ring (bicyclic) bond motifs is 1. The van der Waals surface area contributed by atoms with Crippen LogP contribution in [0.5, 0.6) is 0 Å². The summed E-state index contributed by atoms with van der Waals surface area (Å²) in [6.45, 7) is 2.06. The van der Waals surface area contributed by atoms with Gasteiger partial charge in [-0.3, -0.25) is 9.78 Å². The number of aryl methyl sites for hydroxylation is 2. The van der Waals surface area contributed by atoms with E-state index in [0.29, 0.717) is 5.56 Å². The summed E-state index contributed by atoms with van der Waals surface area (Å²) < 4.78 is 0. The van der Waals surface area contributed by atoms with Crippen LogP contribution in [0.2, 0.25) is 0 Å². The van der Waals surface area contributed by atoms with Crippen molar-refractivity contribution in [1.82, 2.24) is 10.3 Å². The molecule has 1 N–H and O–H groups in total. The summed E-state index contributed by atoms with van der Waals surface area (Å²) in [6, 6.07) is 20.5. The normalized spacial score (nSPS) is 16.0. The number of hydrogen-bond acceptors (Lipinski definition) is 2. The zero-order chi connectivity index (χ0) is 17.9. The Morgan fingerprint density at radius 3 is 2.62 bits per heavy atom. The molecule has 3 nitrogen and oxygen atoms in total. The topological polar surface area (TPSA) is 42.0 Å². The third-order valence-electron chi connectivity index (χ3n) is 5.05. The summed E-state index contributed by atoms with van der Waals surface area (Å²) in [4.78, 5) is 17.1. The van der Waals surface area contributed by atoms with Gasteiger partial charge in [0.25, 0.3) is 5.91 Å². The first-order chi connectivity index (χ1) is 12.7. The average molecular weight is 342 g/mol. The van der Waals surface area contributed by atoms with Gasteiger partial charge in [-0.25, -0.2) is 0 Å². The first-order valence-corrected chi connectivity index (χ1v) is 9.12. The van der Waals surface area contributed by atoms with E-state index in [1.165, 1.54) is 16.7 Å². The Hall–Kier alpha value is -2.94. The van der Waals surface area contributed by atoms with Crippen LogP contribution in [0.15, 0.2) is 66.9 Å². The van der Waals surface area contributed by atoms with Crippen molar-refractivity contribution in [3.63, 3.8) is 0 Å². The number of aromatic nitrogens is 1. The van der Waals surface area contributed by atoms with Gasteiger partial charge in [-0.1, -0.05) is 54.1 Å². The Labute approximate surface area is 154 Å². The first-order valence-electron chi connectivity index (χ1n) is 9.12. The zero-order valence-electron chi connectivity index (χ0n) is 14.9. The van der Waals surface area contributed by atoms with Crippen LogP contribution in [-0.4, -0.2) is 10.9 Å². The first kappa shape index (κ1) is 16.5. The maximum atomic E-state index is 12.7. The quantitative estimate of drug-likeness (QED) is 0.738. The van der Waals surface area contributed by atoms with Crippen LogP contribution in [0.4, 0.5) is 0 Å². The molecule has 1 atom stereocenters. The summed E-state index contributed by atoms with van der Waals surface area (Å²) in [5, 5.41) is 3.18. The lowest BCUT2D eigenvalue weighted by Gasteiger charge is -2.26. The Bertz CT molecular complexity index is 914. The van der Waals surface area contributed by atoms with Crippen molar-refractivity contribution in [2.24, 2.45) is 0 Å². The van der Waals surface area contributed by atoms with Gasteiger partial charge in [0.05, 0.1) is 17.3 Å². The van der Waals surface area contributed by atoms with Crippen molar-refractivity contribution >= 4 is 5.91 Å². The fourth-order valence-electron chi connectivity index (χ4n) is 3.57. The van der Waals surface area contributed by atoms with E-state index in [1.54, 1.807) is 6.20 Å². The summed E-state index contributed by atoms with van der Waals surface area (Å²) in [5.41, 5.74) is 6.35. The van der Waals surface area contributed by atoms with Gasteiger partial charge in [0.2, 0.25) is 0 Å². The minimum atomic E-state index is -0.0605. The third-order valence-corrected chi connectivity index (χ3v) is 5.05. The molecule has 1 heterocycles. The monoisotopic (exact) mass is 342 g/mol. The minimum absolute atomic E-state index is 0.0605. The van der Waals surface area contributed by atoms with E-state index in [1.807, 2.05) is 18.2 Å². The lowest BCUT2D eigenvalue weighted by atomic mass is 9.87. The van der Waals surface area contributed by atoms with Crippen molar-refractivity contribution in [1.29, 1.82) is 0 Å². The van der Waals surface area contributed by atoms with Gasteiger partial charge in [0.15, 0.2) is 0 Å². The van der Waals surface area contributed by atoms with Crippen molar-refractivity contribution in [2.75, 3.05) is 0 Å². The van der Waals surface area contributed by atoms with Crippen molar-refractivity contribution in [3.8, 4) is 11.3 Å². The maximum absolute atomic E-state index is 12.7. The lowest BCUT2D eigenvalue weighted by Crippen LogP contribution is -2.31. The molecule has 0 saturated heterocycles. The fraction of sp³-hybridized carbons (Fsp3) is 0.217. The van der Waals surface area contributed by atoms with E-state index in [9.17, 15) is 4.79 Å². The van der Waals surface area contributed by atoms with Crippen LogP contribution in [0.3, 0.4) is 0 Å². The van der Waals surface area contributed by atoms with E-state index in [-0.39, 0.29) is 11.9 Å². The summed E-state index contributed by atoms with van der Waals surface area (Å²) in [7, 11) is 0. The number of rotatable bonds is 3. The molecule has 0 aliphatic heterocycles. The van der Waals surface area contributed by atoms with Crippen LogP contribution in [0.1, 0.15) is 45.9 Å². The number of pyridine rings is 1. The second-order valence-electron chi connectivity index (χ2n) is 6.92. The van der Waals surface area contributed by atoms with Gasteiger partial charge in [-0.15, -0.1) is 0 Å². The van der Waals surface area contributed by atoms with Crippen LogP contribution in [-0.2, 0) is 6.42 Å². The number of nitrogens with zero attached hydrogens (tertiary/aromatic N) is 1. The molecule has 1 amide bonds. The van der Waals surface area contributed by atoms with Crippen LogP contribution in [0, 0.1) is 6.92 Å². The number of hydrogen-bond donors (Lipinski definition) is 1. The molecule has 1 unspecified atom stereocenters. The highest BCUT2D eigenvalue weighted by atomic mass is 16.1. The van der Waals surface area contributed by atoms with Crippen molar-refractivity contribution < 1.29 is 4.79 Å². The van der Waals surface area contributed by atoms with Crippen LogP contribution in [0.25, 0.3) is 11.3 Å². The maximum Gasteiger partial charge on any atom is 0.253 e. The Kier molecular flexibility index (Phi) is 4.53. The highest BCUT2D eigenvalue weighted by Gasteiger charge is 2.21. The molecule has 3 aromatic rings. The van der Waals surface area contributed by atoms with Gasteiger partial charge in [0.1, 0.15) is 0 Å². The van der Waals surface area contributed by atoms with E-state index >= 15 is 0 Å². The number of benzene rings is 2. The Balaban J connectivity index is 1.50. The second kappa shape index (κ2) is 7.12. The summed E-state index contributed by atoms with van der Waals surface area (Å²) >= 11 is 0. The van der Waals surface area contributed by atoms with Crippen molar-refractivity contribution in [3.05, 3.63) is 89.1 Å². The lowest BCUT2D eigenvalue weighted by molar-refractivity contribution is 0.0932. The fourth-order valence-corrected chi connectivity index (χ4v) is 3.57. The predicted octanol–water partition coefficient (Wildman–Crippen LogP) is 4.86. The van der Waals surface area contributed by atoms with Gasteiger partial charge < -0.3 is 5.32 Å². The highest BCUT2D eigenvalue weighted by molar-refractivity contribution is 5.94. The van der Waals surface area contributed by atoms with E-state index in [4.69, 9.17) is 0 Å². The van der Waals surface area contributed by atoms with E-state index in [2.05, 4.69) is 59.7 Å². The van der Waals surface area contributed by atoms with Gasteiger partial charge >= 0.3 is 0 Å². The molecule has 3 heteroatoms. The second-order valence-corrected chi connectivity index (χ2v) is 6.92. The minimum Gasteiger partial charge on any atom is -0.345 e. The average Bonchev–Trinajstić information content (AvgIpc) is 2.69. The third kappa shape index (κ3) is 3.38. The predicted molar refractivity (Wildman–Crippen MR) is 104 cm³/mol. The molecular weight excluding hydrogens is 320 g/mol. The summed E-state index contributed by atoms with van der Waals surface area (Å²) in [6.07, 6.45) is 4.85. The molecule has 1 aliphatic rings. The molecular formula is C23H22N2O. The molecule has 4 rings (SSSR count). The smallest absolute Gasteiger partial charge is 0.253 e. The zero-order valence-corrected chi connectivity index (χ0v) is 14.9. The standard InChI is InChI=1S/C23H22N2O/c1-16-9-11-18(12-10-16)21-14-13-19(15-24-21)23(26)25-22-8-4-6-17-5-2-3-7-20(17)22/h2-3,5,7,9-15,22H,4,6,8H2,1H3,(H,25,26). The van der Waals surface area contributed by atoms with Crippen LogP contribution >= 0.6 is 0 Å². The molecule has 0 radical (unpaired) electrons. The van der Waals surface area contributed by atoms with Gasteiger partial charge in [0, 0.05) is 11.8 Å². The summed E-state index contributed by atoms with van der Waals surface area (Å²) in [5.74, 6) is -0.0605. The van der Waals surface area contributed by atoms with Gasteiger partial charge in [-0.2, -0.15) is 0 Å². The van der Waals surface area contributed by atoms with Gasteiger partial charge in [-0.05, 0) is 49.4 Å². The molecule has 0 spiro atoms. The molecule has 1 aromatic heterocycles. The van der Waals surface area contributed by atoms with Crippen molar-refractivity contribution in [2.45, 2.75) is 32.2 Å². The molecule has 0 fully saturated rings. The molecule has 130 valence electrons. The SMILES string of the molecule is Cc1ccc(-c2ccc(C(=O)NC3CCCc4ccccc43)cn2)cc1. The largest absolute Gasteiger partial charge is 0.345 e. The number of amides is 1. The van der Waals surface area contributed by atoms with E-state index < -0.39 is 0 Å². The van der Waals surface area contributed by atoms with E-state index in [0.717, 1.165) is 30.5 Å². The molecule has 1 aliphatic carbocycles. The molecule has 26 heavy (non-hydrogen) atoms. The molecule has 2 aromatic carbocycles. The Morgan fingerprint density at radius 1 is 1.04 bits per heavy atom. The van der Waals surface area contributed by atoms with Crippen LogP contribution < -0.4 is 5.32 Å². The Morgan fingerprint density at radius 2 is 1.85 bits per heavy atom.